The van der Waals surface area contributed by atoms with Crippen molar-refractivity contribution in [1.29, 1.82) is 0 Å². The molecule has 120 valence electrons. The Morgan fingerprint density at radius 3 is 2.78 bits per heavy atom. The maximum Gasteiger partial charge on any atom is 0.405 e. The number of nitrogens with zero attached hydrogens (tertiary/aromatic N) is 5. The number of carboxylic acid groups (broad SMARTS) is 1. The van der Waals surface area contributed by atoms with Gasteiger partial charge in [0.15, 0.2) is 17.5 Å². The minimum Gasteiger partial charge on any atom is -0.465 e. The molecule has 4 N–H and O–H groups in total. The van der Waals surface area contributed by atoms with Crippen molar-refractivity contribution < 1.29 is 14.7 Å². The summed E-state index contributed by atoms with van der Waals surface area (Å²) < 4.78 is 1.42. The van der Waals surface area contributed by atoms with Crippen molar-refractivity contribution in [3.05, 3.63) is 29.7 Å². The SMILES string of the molecule is CC(NC(=O)O)c1nc(C2CC2)nn1-c1cc(C(N)=O)ncn1. The highest BCUT2D eigenvalue weighted by atomic mass is 16.4. The summed E-state index contributed by atoms with van der Waals surface area (Å²) in [4.78, 5) is 34.4. The largest absolute Gasteiger partial charge is 0.465 e. The number of hydrogen-bond donors (Lipinski definition) is 3. The zero-order valence-corrected chi connectivity index (χ0v) is 12.3. The number of primary amides is 1. The van der Waals surface area contributed by atoms with Gasteiger partial charge in [0.2, 0.25) is 0 Å². The third-order valence-electron chi connectivity index (χ3n) is 3.44. The highest BCUT2D eigenvalue weighted by Gasteiger charge is 2.31. The molecule has 10 heteroatoms. The zero-order chi connectivity index (χ0) is 16.6. The second kappa shape index (κ2) is 5.63. The molecule has 10 nitrogen and oxygen atoms in total. The van der Waals surface area contributed by atoms with Gasteiger partial charge in [-0.1, -0.05) is 0 Å². The number of carbonyl (C=O) groups is 2. The fourth-order valence-electron chi connectivity index (χ4n) is 2.15. The van der Waals surface area contributed by atoms with Crippen LogP contribution in [0.15, 0.2) is 12.4 Å². The minimum atomic E-state index is -1.17. The van der Waals surface area contributed by atoms with Gasteiger partial charge in [-0.25, -0.2) is 19.7 Å². The predicted octanol–water partition coefficient (Wildman–Crippen LogP) is 0.362. The molecule has 23 heavy (non-hydrogen) atoms. The molecule has 0 aromatic carbocycles. The van der Waals surface area contributed by atoms with Crippen molar-refractivity contribution in [3.8, 4) is 5.82 Å². The average molecular weight is 317 g/mol. The lowest BCUT2D eigenvalue weighted by atomic mass is 10.3. The van der Waals surface area contributed by atoms with E-state index < -0.39 is 18.0 Å². The molecular weight excluding hydrogens is 302 g/mol. The number of nitrogens with two attached hydrogens (primary N) is 1. The Morgan fingerprint density at radius 2 is 2.17 bits per heavy atom. The van der Waals surface area contributed by atoms with Gasteiger partial charge < -0.3 is 16.2 Å². The van der Waals surface area contributed by atoms with E-state index in [1.807, 2.05) is 0 Å². The fourth-order valence-corrected chi connectivity index (χ4v) is 2.15. The predicted molar refractivity (Wildman–Crippen MR) is 77.0 cm³/mol. The summed E-state index contributed by atoms with van der Waals surface area (Å²) in [5.74, 6) is 0.933. The van der Waals surface area contributed by atoms with E-state index in [1.54, 1.807) is 6.92 Å². The molecule has 0 saturated heterocycles. The number of aromatic nitrogens is 5. The van der Waals surface area contributed by atoms with Gasteiger partial charge in [-0.3, -0.25) is 4.79 Å². The first kappa shape index (κ1) is 14.9. The number of hydrogen-bond acceptors (Lipinski definition) is 6. The molecule has 2 aromatic heterocycles. The molecule has 1 unspecified atom stereocenters. The summed E-state index contributed by atoms with van der Waals surface area (Å²) in [6.45, 7) is 1.65. The molecule has 2 amide bonds. The van der Waals surface area contributed by atoms with Crippen molar-refractivity contribution in [3.63, 3.8) is 0 Å². The maximum absolute atomic E-state index is 11.3. The van der Waals surface area contributed by atoms with Crippen LogP contribution in [0.25, 0.3) is 5.82 Å². The van der Waals surface area contributed by atoms with Crippen LogP contribution in [0, 0.1) is 0 Å². The van der Waals surface area contributed by atoms with Crippen LogP contribution in [0.1, 0.15) is 53.9 Å². The molecule has 3 rings (SSSR count). The van der Waals surface area contributed by atoms with Gasteiger partial charge in [-0.05, 0) is 19.8 Å². The van der Waals surface area contributed by atoms with E-state index in [1.165, 1.54) is 17.1 Å². The summed E-state index contributed by atoms with van der Waals surface area (Å²) in [5.41, 5.74) is 5.27. The van der Waals surface area contributed by atoms with E-state index in [0.29, 0.717) is 17.5 Å². The Hall–Kier alpha value is -3.04. The van der Waals surface area contributed by atoms with Crippen LogP contribution in [0.5, 0.6) is 0 Å². The van der Waals surface area contributed by atoms with Gasteiger partial charge in [-0.15, -0.1) is 5.10 Å². The lowest BCUT2D eigenvalue weighted by Crippen LogP contribution is -2.27. The Morgan fingerprint density at radius 1 is 1.43 bits per heavy atom. The molecule has 0 radical (unpaired) electrons. The molecule has 0 aliphatic heterocycles. The number of rotatable bonds is 5. The molecule has 2 aromatic rings. The van der Waals surface area contributed by atoms with Crippen LogP contribution in [0.4, 0.5) is 4.79 Å². The first-order chi connectivity index (χ1) is 11.0. The highest BCUT2D eigenvalue weighted by molar-refractivity contribution is 5.90. The summed E-state index contributed by atoms with van der Waals surface area (Å²) >= 11 is 0. The smallest absolute Gasteiger partial charge is 0.405 e. The molecular formula is C13H15N7O3. The number of nitrogens with one attached hydrogen (secondary N) is 1. The van der Waals surface area contributed by atoms with Crippen molar-refractivity contribution in [2.75, 3.05) is 0 Å². The van der Waals surface area contributed by atoms with Crippen molar-refractivity contribution in [1.82, 2.24) is 30.0 Å². The van der Waals surface area contributed by atoms with E-state index in [2.05, 4.69) is 25.4 Å². The van der Waals surface area contributed by atoms with Gasteiger partial charge in [-0.2, -0.15) is 4.68 Å². The van der Waals surface area contributed by atoms with Gasteiger partial charge in [0, 0.05) is 12.0 Å². The van der Waals surface area contributed by atoms with Crippen molar-refractivity contribution >= 4 is 12.0 Å². The van der Waals surface area contributed by atoms with Crippen LogP contribution >= 0.6 is 0 Å². The van der Waals surface area contributed by atoms with Crippen LogP contribution in [-0.4, -0.2) is 41.8 Å². The highest BCUT2D eigenvalue weighted by Crippen LogP contribution is 2.38. The number of amides is 2. The quantitative estimate of drug-likeness (QED) is 0.720. The van der Waals surface area contributed by atoms with E-state index in [0.717, 1.165) is 12.8 Å². The lowest BCUT2D eigenvalue weighted by Gasteiger charge is -2.11. The van der Waals surface area contributed by atoms with E-state index in [-0.39, 0.29) is 11.6 Å². The third kappa shape index (κ3) is 3.10. The average Bonchev–Trinajstić information content (AvgIpc) is 3.25. The first-order valence-electron chi connectivity index (χ1n) is 7.04. The standard InChI is InChI=1S/C13H15N7O3/c1-6(17-13(22)23)12-18-11(7-2-3-7)19-20(12)9-4-8(10(14)21)15-5-16-9/h4-7,17H,2-3H2,1H3,(H2,14,21)(H,22,23). The molecule has 1 fully saturated rings. The van der Waals surface area contributed by atoms with Crippen LogP contribution in [-0.2, 0) is 0 Å². The van der Waals surface area contributed by atoms with E-state index in [4.69, 9.17) is 10.8 Å². The van der Waals surface area contributed by atoms with Gasteiger partial charge in [0.1, 0.15) is 12.0 Å². The first-order valence-corrected chi connectivity index (χ1v) is 7.04. The second-order valence-electron chi connectivity index (χ2n) is 5.31. The molecule has 1 aliphatic rings. The molecule has 1 saturated carbocycles. The van der Waals surface area contributed by atoms with Crippen LogP contribution < -0.4 is 11.1 Å². The summed E-state index contributed by atoms with van der Waals surface area (Å²) in [6.07, 6.45) is 2.04. The van der Waals surface area contributed by atoms with Crippen molar-refractivity contribution in [2.24, 2.45) is 5.73 Å². The second-order valence-corrected chi connectivity index (χ2v) is 5.31. The maximum atomic E-state index is 11.3. The van der Waals surface area contributed by atoms with E-state index >= 15 is 0 Å². The third-order valence-corrected chi connectivity index (χ3v) is 3.44. The van der Waals surface area contributed by atoms with E-state index in [9.17, 15) is 9.59 Å². The molecule has 2 heterocycles. The molecule has 1 aliphatic carbocycles. The normalized spacial score (nSPS) is 15.2. The Balaban J connectivity index is 2.04. The monoisotopic (exact) mass is 317 g/mol. The molecule has 1 atom stereocenters. The topological polar surface area (TPSA) is 149 Å². The Kier molecular flexibility index (Phi) is 3.64. The summed E-state index contributed by atoms with van der Waals surface area (Å²) in [5, 5.41) is 15.6. The van der Waals surface area contributed by atoms with Gasteiger partial charge >= 0.3 is 6.09 Å². The Labute approximate surface area is 130 Å². The summed E-state index contributed by atoms with van der Waals surface area (Å²) in [6, 6.07) is 0.796. The van der Waals surface area contributed by atoms with Crippen LogP contribution in [0.2, 0.25) is 0 Å². The summed E-state index contributed by atoms with van der Waals surface area (Å²) in [7, 11) is 0. The fraction of sp³-hybridized carbons (Fsp3) is 0.385. The Bertz CT molecular complexity index is 769. The van der Waals surface area contributed by atoms with Crippen molar-refractivity contribution in [2.45, 2.75) is 31.7 Å². The molecule has 0 bridgehead atoms. The molecule has 0 spiro atoms. The van der Waals surface area contributed by atoms with Gasteiger partial charge in [0.05, 0.1) is 6.04 Å². The van der Waals surface area contributed by atoms with Crippen LogP contribution in [0.3, 0.4) is 0 Å². The lowest BCUT2D eigenvalue weighted by molar-refractivity contribution is 0.0995. The number of carbonyl (C=O) groups excluding carboxylic acids is 1. The minimum absolute atomic E-state index is 0.0447. The zero-order valence-electron chi connectivity index (χ0n) is 12.3. The van der Waals surface area contributed by atoms with Gasteiger partial charge in [0.25, 0.3) is 5.91 Å².